The lowest BCUT2D eigenvalue weighted by Crippen LogP contribution is -1.95. The van der Waals surface area contributed by atoms with Gasteiger partial charge in [-0.2, -0.15) is 0 Å². The van der Waals surface area contributed by atoms with Crippen molar-refractivity contribution in [1.29, 1.82) is 0 Å². The number of rotatable bonds is 0. The van der Waals surface area contributed by atoms with Crippen LogP contribution in [-0.2, 0) is 4.74 Å². The number of ether oxygens (including phenoxy) is 1. The molecule has 3 aromatic rings. The molecule has 5 rings (SSSR count). The van der Waals surface area contributed by atoms with E-state index in [2.05, 4.69) is 60.7 Å². The second-order valence-corrected chi connectivity index (χ2v) is 5.37. The molecular weight excluding hydrogens is 232 g/mol. The molecule has 1 heteroatoms. The van der Waals surface area contributed by atoms with Gasteiger partial charge < -0.3 is 4.74 Å². The number of benzene rings is 3. The normalized spacial score (nSPS) is 23.4. The average molecular weight is 244 g/mol. The number of epoxide rings is 1. The Balaban J connectivity index is 1.93. The second-order valence-electron chi connectivity index (χ2n) is 5.37. The van der Waals surface area contributed by atoms with Gasteiger partial charge in [-0.05, 0) is 44.8 Å². The number of hydrogen-bond donors (Lipinski definition) is 0. The molecule has 3 aromatic carbocycles. The van der Waals surface area contributed by atoms with Gasteiger partial charge in [0.25, 0.3) is 0 Å². The molecule has 1 aliphatic carbocycles. The molecule has 90 valence electrons. The van der Waals surface area contributed by atoms with Crippen molar-refractivity contribution < 1.29 is 4.74 Å². The third-order valence-corrected chi connectivity index (χ3v) is 4.25. The minimum absolute atomic E-state index is 0.302. The van der Waals surface area contributed by atoms with E-state index in [9.17, 15) is 0 Å². The molecule has 1 aliphatic heterocycles. The maximum absolute atomic E-state index is 5.65. The highest BCUT2D eigenvalue weighted by atomic mass is 16.6. The summed E-state index contributed by atoms with van der Waals surface area (Å²) >= 11 is 0. The van der Waals surface area contributed by atoms with Gasteiger partial charge in [-0.15, -0.1) is 0 Å². The molecule has 2 aliphatic rings. The van der Waals surface area contributed by atoms with E-state index in [1.54, 1.807) is 0 Å². The molecule has 0 amide bonds. The van der Waals surface area contributed by atoms with Crippen molar-refractivity contribution in [2.75, 3.05) is 0 Å². The Morgan fingerprint density at radius 2 is 1.74 bits per heavy atom. The molecule has 0 spiro atoms. The van der Waals surface area contributed by atoms with E-state index in [1.165, 1.54) is 32.7 Å². The van der Waals surface area contributed by atoms with E-state index in [-0.39, 0.29) is 0 Å². The Hall–Kier alpha value is -2.12. The van der Waals surface area contributed by atoms with E-state index in [1.807, 2.05) is 0 Å². The van der Waals surface area contributed by atoms with Gasteiger partial charge in [-0.3, -0.25) is 0 Å². The topological polar surface area (TPSA) is 12.5 Å². The molecule has 1 heterocycles. The number of fused-ring (bicyclic) bond motifs is 6. The molecule has 1 fully saturated rings. The fraction of sp³-hybridized carbons (Fsp3) is 0.111. The van der Waals surface area contributed by atoms with Crippen molar-refractivity contribution in [1.82, 2.24) is 0 Å². The summed E-state index contributed by atoms with van der Waals surface area (Å²) in [7, 11) is 0. The molecule has 0 N–H and O–H groups in total. The summed E-state index contributed by atoms with van der Waals surface area (Å²) in [5.41, 5.74) is 2.65. The Bertz CT molecular complexity index is 860. The summed E-state index contributed by atoms with van der Waals surface area (Å²) in [5, 5.41) is 5.27. The van der Waals surface area contributed by atoms with Crippen LogP contribution in [0.1, 0.15) is 17.2 Å². The first-order valence-corrected chi connectivity index (χ1v) is 6.69. The first-order chi connectivity index (χ1) is 9.40. The Morgan fingerprint density at radius 1 is 0.842 bits per heavy atom. The lowest BCUT2D eigenvalue weighted by Gasteiger charge is -2.11. The highest BCUT2D eigenvalue weighted by Gasteiger charge is 2.41. The van der Waals surface area contributed by atoms with Crippen molar-refractivity contribution in [3.05, 3.63) is 65.7 Å². The van der Waals surface area contributed by atoms with Crippen molar-refractivity contribution in [3.63, 3.8) is 0 Å². The number of hydrogen-bond acceptors (Lipinski definition) is 1. The van der Waals surface area contributed by atoms with Gasteiger partial charge >= 0.3 is 0 Å². The van der Waals surface area contributed by atoms with E-state index in [0.717, 1.165) is 0 Å². The van der Waals surface area contributed by atoms with Crippen LogP contribution in [0.5, 0.6) is 0 Å². The summed E-state index contributed by atoms with van der Waals surface area (Å²) in [6.45, 7) is 0. The van der Waals surface area contributed by atoms with Crippen LogP contribution in [0.25, 0.3) is 27.6 Å². The summed E-state index contributed by atoms with van der Waals surface area (Å²) in [4.78, 5) is 0. The minimum Gasteiger partial charge on any atom is -0.360 e. The van der Waals surface area contributed by atoms with Crippen molar-refractivity contribution in [2.24, 2.45) is 0 Å². The van der Waals surface area contributed by atoms with Crippen molar-refractivity contribution in [2.45, 2.75) is 12.2 Å². The van der Waals surface area contributed by atoms with Crippen LogP contribution in [0.15, 0.2) is 54.6 Å². The van der Waals surface area contributed by atoms with Crippen LogP contribution in [0.3, 0.4) is 0 Å². The predicted octanol–water partition coefficient (Wildman–Crippen LogP) is 4.46. The third kappa shape index (κ3) is 1.28. The van der Waals surface area contributed by atoms with Gasteiger partial charge in [0, 0.05) is 0 Å². The smallest absolute Gasteiger partial charge is 0.114 e. The third-order valence-electron chi connectivity index (χ3n) is 4.25. The summed E-state index contributed by atoms with van der Waals surface area (Å²) in [6.07, 6.45) is 5.00. The monoisotopic (exact) mass is 244 g/mol. The lowest BCUT2D eigenvalue weighted by atomic mass is 9.92. The van der Waals surface area contributed by atoms with Crippen LogP contribution in [-0.4, -0.2) is 6.10 Å². The molecule has 2 atom stereocenters. The highest BCUT2D eigenvalue weighted by Crippen LogP contribution is 2.46. The molecule has 2 unspecified atom stereocenters. The zero-order chi connectivity index (χ0) is 12.4. The molecule has 19 heavy (non-hydrogen) atoms. The van der Waals surface area contributed by atoms with E-state index < -0.39 is 0 Å². The Morgan fingerprint density at radius 3 is 2.74 bits per heavy atom. The Labute approximate surface area is 111 Å². The predicted molar refractivity (Wildman–Crippen MR) is 78.1 cm³/mol. The van der Waals surface area contributed by atoms with Crippen LogP contribution < -0.4 is 0 Å². The Kier molecular flexibility index (Phi) is 1.67. The SMILES string of the molecule is C1=CC2OC2c2cc3ccc4ccccc4c3cc21. The molecule has 0 saturated carbocycles. The zero-order valence-electron chi connectivity index (χ0n) is 10.3. The van der Waals surface area contributed by atoms with Crippen molar-refractivity contribution in [3.8, 4) is 0 Å². The molecule has 1 nitrogen and oxygen atoms in total. The van der Waals surface area contributed by atoms with Gasteiger partial charge in [0.05, 0.1) is 0 Å². The average Bonchev–Trinajstić information content (AvgIpc) is 3.25. The molecular formula is C18H12O. The first kappa shape index (κ1) is 9.76. The van der Waals surface area contributed by atoms with Gasteiger partial charge in [0.1, 0.15) is 12.2 Å². The molecule has 1 saturated heterocycles. The van der Waals surface area contributed by atoms with Crippen molar-refractivity contribution >= 4 is 27.6 Å². The van der Waals surface area contributed by atoms with Gasteiger partial charge in [0.2, 0.25) is 0 Å². The largest absolute Gasteiger partial charge is 0.360 e. The first-order valence-electron chi connectivity index (χ1n) is 6.69. The quantitative estimate of drug-likeness (QED) is 0.420. The van der Waals surface area contributed by atoms with Crippen LogP contribution in [0, 0.1) is 0 Å². The molecule has 0 aromatic heterocycles. The second kappa shape index (κ2) is 3.25. The summed E-state index contributed by atoms with van der Waals surface area (Å²) < 4.78 is 5.65. The maximum Gasteiger partial charge on any atom is 0.114 e. The van der Waals surface area contributed by atoms with E-state index in [4.69, 9.17) is 4.74 Å². The van der Waals surface area contributed by atoms with Gasteiger partial charge in [-0.1, -0.05) is 48.6 Å². The summed E-state index contributed by atoms with van der Waals surface area (Å²) in [6, 6.07) is 17.6. The van der Waals surface area contributed by atoms with Crippen LogP contribution >= 0.6 is 0 Å². The molecule has 0 bridgehead atoms. The van der Waals surface area contributed by atoms with Crippen LogP contribution in [0.2, 0.25) is 0 Å². The van der Waals surface area contributed by atoms with E-state index >= 15 is 0 Å². The zero-order valence-corrected chi connectivity index (χ0v) is 10.3. The summed E-state index contributed by atoms with van der Waals surface area (Å²) in [5.74, 6) is 0. The van der Waals surface area contributed by atoms with E-state index in [0.29, 0.717) is 12.2 Å². The fourth-order valence-corrected chi connectivity index (χ4v) is 3.20. The van der Waals surface area contributed by atoms with Gasteiger partial charge in [0.15, 0.2) is 0 Å². The lowest BCUT2D eigenvalue weighted by molar-refractivity contribution is 0.395. The maximum atomic E-state index is 5.65. The van der Waals surface area contributed by atoms with Gasteiger partial charge in [-0.25, -0.2) is 0 Å². The van der Waals surface area contributed by atoms with Crippen LogP contribution in [0.4, 0.5) is 0 Å². The highest BCUT2D eigenvalue weighted by molar-refractivity contribution is 6.08. The standard InChI is InChI=1S/C18H12O/c1-2-4-14-11(3-1)5-6-12-10-16-13(9-15(12)14)7-8-17-18(16)19-17/h1-10,17-18H. The fourth-order valence-electron chi connectivity index (χ4n) is 3.20. The minimum atomic E-state index is 0.302. The molecule has 0 radical (unpaired) electrons.